The minimum Gasteiger partial charge on any atom is -0.465 e. The smallest absolute Gasteiger partial charge is 0.407 e. The molecular weight excluding hydrogens is 264 g/mol. The zero-order valence-electron chi connectivity index (χ0n) is 10.3. The summed E-state index contributed by atoms with van der Waals surface area (Å²) in [6, 6.07) is 6.03. The van der Waals surface area contributed by atoms with Gasteiger partial charge in [0.25, 0.3) is 0 Å². The first-order chi connectivity index (χ1) is 9.13. The third kappa shape index (κ3) is 2.35. The van der Waals surface area contributed by atoms with Crippen molar-refractivity contribution >= 4 is 27.6 Å². The summed E-state index contributed by atoms with van der Waals surface area (Å²) in [5.41, 5.74) is 2.08. The maximum absolute atomic E-state index is 11.3. The Morgan fingerprint density at radius 3 is 2.79 bits per heavy atom. The molecule has 0 unspecified atom stereocenters. The van der Waals surface area contributed by atoms with Gasteiger partial charge in [-0.3, -0.25) is 4.79 Å². The summed E-state index contributed by atoms with van der Waals surface area (Å²) < 4.78 is 0.975. The van der Waals surface area contributed by atoms with Crippen molar-refractivity contribution in [3.63, 3.8) is 0 Å². The number of nitrogens with zero attached hydrogens (tertiary/aromatic N) is 1. The molecule has 5 nitrogen and oxygen atoms in total. The summed E-state index contributed by atoms with van der Waals surface area (Å²) in [4.78, 5) is 26.4. The highest BCUT2D eigenvalue weighted by molar-refractivity contribution is 7.16. The first-order valence-electron chi connectivity index (χ1n) is 6.24. The minimum absolute atomic E-state index is 0.0344. The molecule has 1 aromatic carbocycles. The number of fused-ring (bicyclic) bond motifs is 1. The van der Waals surface area contributed by atoms with Crippen LogP contribution >= 0.6 is 11.3 Å². The highest BCUT2D eigenvalue weighted by atomic mass is 32.1. The molecule has 0 atom stereocenters. The van der Waals surface area contributed by atoms with Crippen LogP contribution < -0.4 is 4.87 Å². The van der Waals surface area contributed by atoms with Crippen molar-refractivity contribution in [2.24, 2.45) is 0 Å². The maximum atomic E-state index is 11.3. The number of hydrogen-bond donors (Lipinski definition) is 2. The summed E-state index contributed by atoms with van der Waals surface area (Å²) in [5.74, 6) is 0.386. The van der Waals surface area contributed by atoms with E-state index in [1.165, 1.54) is 21.8 Å². The minimum atomic E-state index is -0.835. The van der Waals surface area contributed by atoms with Crippen LogP contribution in [0.5, 0.6) is 0 Å². The van der Waals surface area contributed by atoms with Gasteiger partial charge in [-0.1, -0.05) is 17.4 Å². The van der Waals surface area contributed by atoms with Gasteiger partial charge in [-0.2, -0.15) is 0 Å². The second-order valence-electron chi connectivity index (χ2n) is 4.81. The highest BCUT2D eigenvalue weighted by Crippen LogP contribution is 2.30. The molecule has 1 fully saturated rings. The Morgan fingerprint density at radius 1 is 1.37 bits per heavy atom. The number of thiazole rings is 1. The maximum Gasteiger partial charge on any atom is 0.407 e. The fraction of sp³-hybridized carbons (Fsp3) is 0.385. The molecule has 100 valence electrons. The number of nitrogens with one attached hydrogen (secondary N) is 1. The van der Waals surface area contributed by atoms with Crippen molar-refractivity contribution in [3.05, 3.63) is 33.4 Å². The van der Waals surface area contributed by atoms with Crippen molar-refractivity contribution in [3.8, 4) is 0 Å². The van der Waals surface area contributed by atoms with E-state index >= 15 is 0 Å². The van der Waals surface area contributed by atoms with E-state index in [2.05, 4.69) is 11.1 Å². The van der Waals surface area contributed by atoms with Crippen molar-refractivity contribution in [1.29, 1.82) is 0 Å². The molecule has 19 heavy (non-hydrogen) atoms. The monoisotopic (exact) mass is 278 g/mol. The van der Waals surface area contributed by atoms with E-state index in [4.69, 9.17) is 5.11 Å². The van der Waals surface area contributed by atoms with Gasteiger partial charge in [-0.25, -0.2) is 4.79 Å². The van der Waals surface area contributed by atoms with Gasteiger partial charge in [-0.15, -0.1) is 0 Å². The normalized spacial score (nSPS) is 16.9. The lowest BCUT2D eigenvalue weighted by Crippen LogP contribution is -2.36. The topological polar surface area (TPSA) is 73.4 Å². The van der Waals surface area contributed by atoms with E-state index in [1.807, 2.05) is 12.1 Å². The fourth-order valence-corrected chi connectivity index (χ4v) is 3.40. The van der Waals surface area contributed by atoms with Gasteiger partial charge in [-0.05, 0) is 36.5 Å². The number of carboxylic acid groups (broad SMARTS) is 1. The molecule has 3 rings (SSSR count). The molecule has 1 aromatic heterocycles. The molecule has 2 N–H and O–H groups in total. The molecule has 1 amide bonds. The number of H-pyrrole nitrogens is 1. The Kier molecular flexibility index (Phi) is 3.02. The van der Waals surface area contributed by atoms with Gasteiger partial charge >= 0.3 is 11.0 Å². The van der Waals surface area contributed by atoms with Gasteiger partial charge in [0.2, 0.25) is 0 Å². The van der Waals surface area contributed by atoms with Gasteiger partial charge in [0.05, 0.1) is 10.2 Å². The fourth-order valence-electron chi connectivity index (χ4n) is 2.62. The van der Waals surface area contributed by atoms with Gasteiger partial charge < -0.3 is 15.0 Å². The summed E-state index contributed by atoms with van der Waals surface area (Å²) >= 11 is 1.22. The third-order valence-corrected chi connectivity index (χ3v) is 4.53. The molecule has 6 heteroatoms. The number of piperidine rings is 1. The first-order valence-corrected chi connectivity index (χ1v) is 7.06. The number of aromatic amines is 1. The summed E-state index contributed by atoms with van der Waals surface area (Å²) in [5, 5.41) is 8.93. The Hall–Kier alpha value is -1.82. The summed E-state index contributed by atoms with van der Waals surface area (Å²) in [6.07, 6.45) is 0.853. The molecule has 1 aliphatic rings. The van der Waals surface area contributed by atoms with Crippen LogP contribution in [0.25, 0.3) is 10.2 Å². The average Bonchev–Trinajstić information content (AvgIpc) is 2.77. The van der Waals surface area contributed by atoms with Gasteiger partial charge in [0.15, 0.2) is 0 Å². The molecule has 2 heterocycles. The quantitative estimate of drug-likeness (QED) is 0.841. The Bertz CT molecular complexity index is 668. The number of aromatic nitrogens is 1. The van der Waals surface area contributed by atoms with Crippen molar-refractivity contribution < 1.29 is 9.90 Å². The number of likely N-dealkylation sites (tertiary alicyclic amines) is 1. The van der Waals surface area contributed by atoms with Gasteiger partial charge in [0, 0.05) is 13.1 Å². The first kappa shape index (κ1) is 12.2. The zero-order valence-corrected chi connectivity index (χ0v) is 11.1. The zero-order chi connectivity index (χ0) is 13.4. The van der Waals surface area contributed by atoms with E-state index in [0.29, 0.717) is 19.0 Å². The van der Waals surface area contributed by atoms with E-state index in [-0.39, 0.29) is 4.87 Å². The average molecular weight is 278 g/mol. The largest absolute Gasteiger partial charge is 0.465 e. The molecule has 0 saturated carbocycles. The predicted octanol–water partition coefficient (Wildman–Crippen LogP) is 2.45. The molecule has 0 spiro atoms. The second-order valence-corrected chi connectivity index (χ2v) is 5.83. The van der Waals surface area contributed by atoms with E-state index in [0.717, 1.165) is 23.1 Å². The van der Waals surface area contributed by atoms with Crippen LogP contribution in [-0.4, -0.2) is 34.2 Å². The van der Waals surface area contributed by atoms with Crippen LogP contribution in [0.15, 0.2) is 23.0 Å². The molecule has 2 aromatic rings. The Morgan fingerprint density at radius 2 is 2.11 bits per heavy atom. The molecule has 0 radical (unpaired) electrons. The molecule has 1 aliphatic heterocycles. The van der Waals surface area contributed by atoms with Crippen molar-refractivity contribution in [1.82, 2.24) is 9.88 Å². The third-order valence-electron chi connectivity index (χ3n) is 3.68. The van der Waals surface area contributed by atoms with E-state index in [9.17, 15) is 9.59 Å². The highest BCUT2D eigenvalue weighted by Gasteiger charge is 2.23. The van der Waals surface area contributed by atoms with Gasteiger partial charge in [0.1, 0.15) is 0 Å². The van der Waals surface area contributed by atoms with Crippen molar-refractivity contribution in [2.45, 2.75) is 18.8 Å². The van der Waals surface area contributed by atoms with Crippen LogP contribution in [0.2, 0.25) is 0 Å². The predicted molar refractivity (Wildman–Crippen MR) is 74.0 cm³/mol. The Labute approximate surface area is 113 Å². The molecule has 0 bridgehead atoms. The van der Waals surface area contributed by atoms with Crippen LogP contribution in [0.4, 0.5) is 4.79 Å². The molecule has 1 saturated heterocycles. The van der Waals surface area contributed by atoms with E-state index in [1.54, 1.807) is 0 Å². The standard InChI is InChI=1S/C13H14N2O3S/c16-12-14-10-2-1-9(7-11(10)19-12)8-3-5-15(6-4-8)13(17)18/h1-2,7-8H,3-6H2,(H,14,16)(H,17,18). The molecule has 0 aliphatic carbocycles. The lowest BCUT2D eigenvalue weighted by Gasteiger charge is -2.30. The number of rotatable bonds is 1. The second kappa shape index (κ2) is 4.70. The number of benzene rings is 1. The lowest BCUT2D eigenvalue weighted by atomic mass is 9.89. The van der Waals surface area contributed by atoms with Crippen LogP contribution in [0, 0.1) is 0 Å². The number of hydrogen-bond acceptors (Lipinski definition) is 3. The molecular formula is C13H14N2O3S. The van der Waals surface area contributed by atoms with Crippen LogP contribution in [0.1, 0.15) is 24.3 Å². The van der Waals surface area contributed by atoms with E-state index < -0.39 is 6.09 Å². The number of amides is 1. The van der Waals surface area contributed by atoms with Crippen molar-refractivity contribution in [2.75, 3.05) is 13.1 Å². The Balaban J connectivity index is 1.81. The number of carbonyl (C=O) groups is 1. The summed E-state index contributed by atoms with van der Waals surface area (Å²) in [7, 11) is 0. The van der Waals surface area contributed by atoms with Crippen LogP contribution in [0.3, 0.4) is 0 Å². The lowest BCUT2D eigenvalue weighted by molar-refractivity contribution is 0.132. The van der Waals surface area contributed by atoms with Crippen LogP contribution in [-0.2, 0) is 0 Å². The SMILES string of the molecule is O=C(O)N1CCC(c2ccc3[nH]c(=O)sc3c2)CC1. The summed E-state index contributed by atoms with van der Waals surface area (Å²) in [6.45, 7) is 1.17.